The molecule has 2 aromatic rings. The van der Waals surface area contributed by atoms with Crippen molar-refractivity contribution >= 4 is 18.2 Å². The van der Waals surface area contributed by atoms with Gasteiger partial charge >= 0.3 is 0 Å². The molecule has 0 saturated carbocycles. The molecule has 5 heteroatoms. The summed E-state index contributed by atoms with van der Waals surface area (Å²) in [6.07, 6.45) is 3.46. The Bertz CT molecular complexity index is 517. The van der Waals surface area contributed by atoms with Crippen molar-refractivity contribution in [3.63, 3.8) is 0 Å². The maximum absolute atomic E-state index is 7.44. The third-order valence-electron chi connectivity index (χ3n) is 2.29. The summed E-state index contributed by atoms with van der Waals surface area (Å²) >= 11 is 0. The number of benzene rings is 1. The molecule has 1 aromatic heterocycles. The van der Waals surface area contributed by atoms with Gasteiger partial charge < -0.3 is 10.5 Å². The zero-order valence-corrected chi connectivity index (χ0v) is 10.5. The summed E-state index contributed by atoms with van der Waals surface area (Å²) in [7, 11) is 0. The third kappa shape index (κ3) is 3.46. The van der Waals surface area contributed by atoms with Crippen LogP contribution in [0.1, 0.15) is 11.1 Å². The van der Waals surface area contributed by atoms with E-state index >= 15 is 0 Å². The van der Waals surface area contributed by atoms with Crippen LogP contribution < -0.4 is 10.5 Å². The van der Waals surface area contributed by atoms with Gasteiger partial charge in [0.25, 0.3) is 0 Å². The molecule has 0 spiro atoms. The molecular formula is C13H14ClN3O. The molecule has 0 amide bonds. The van der Waals surface area contributed by atoms with Crippen molar-refractivity contribution in [1.82, 2.24) is 4.98 Å². The molecule has 1 aromatic carbocycles. The number of ether oxygens (including phenoxy) is 1. The summed E-state index contributed by atoms with van der Waals surface area (Å²) in [5.41, 5.74) is 7.06. The number of rotatable bonds is 4. The zero-order valence-electron chi connectivity index (χ0n) is 9.67. The highest BCUT2D eigenvalue weighted by Crippen LogP contribution is 2.18. The Hall–Kier alpha value is -2.07. The number of nitrogen functional groups attached to an aromatic ring is 1. The Kier molecular flexibility index (Phi) is 5.14. The van der Waals surface area contributed by atoms with Crippen LogP contribution in [0, 0.1) is 5.41 Å². The Morgan fingerprint density at radius 3 is 2.67 bits per heavy atom. The fourth-order valence-corrected chi connectivity index (χ4v) is 1.46. The van der Waals surface area contributed by atoms with Crippen LogP contribution in [0.15, 0.2) is 48.8 Å². The van der Waals surface area contributed by atoms with Crippen molar-refractivity contribution < 1.29 is 4.74 Å². The number of nitrogens with two attached hydrogens (primary N) is 1. The van der Waals surface area contributed by atoms with Crippen molar-refractivity contribution in [3.8, 4) is 5.75 Å². The molecule has 0 aliphatic rings. The fraction of sp³-hybridized carbons (Fsp3) is 0.0769. The van der Waals surface area contributed by atoms with Gasteiger partial charge in [0, 0.05) is 18.0 Å². The minimum atomic E-state index is 0. The molecule has 3 N–H and O–H groups in total. The highest BCUT2D eigenvalue weighted by molar-refractivity contribution is 5.97. The van der Waals surface area contributed by atoms with Crippen LogP contribution in [0.2, 0.25) is 0 Å². The Morgan fingerprint density at radius 1 is 1.22 bits per heavy atom. The highest BCUT2D eigenvalue weighted by atomic mass is 35.5. The molecule has 0 aliphatic heterocycles. The molecular weight excluding hydrogens is 250 g/mol. The summed E-state index contributed by atoms with van der Waals surface area (Å²) in [6.45, 7) is 0.415. The summed E-state index contributed by atoms with van der Waals surface area (Å²) in [4.78, 5) is 4.01. The van der Waals surface area contributed by atoms with E-state index in [9.17, 15) is 0 Å². The first-order valence-electron chi connectivity index (χ1n) is 5.22. The van der Waals surface area contributed by atoms with Crippen LogP contribution in [0.3, 0.4) is 0 Å². The summed E-state index contributed by atoms with van der Waals surface area (Å²) in [5, 5.41) is 7.44. The molecule has 0 unspecified atom stereocenters. The largest absolute Gasteiger partial charge is 0.488 e. The molecule has 0 atom stereocenters. The minimum Gasteiger partial charge on any atom is -0.488 e. The van der Waals surface area contributed by atoms with Crippen molar-refractivity contribution in [1.29, 1.82) is 5.41 Å². The van der Waals surface area contributed by atoms with Crippen molar-refractivity contribution in [2.45, 2.75) is 6.61 Å². The summed E-state index contributed by atoms with van der Waals surface area (Å²) in [5.74, 6) is 0.621. The minimum absolute atomic E-state index is 0. The van der Waals surface area contributed by atoms with E-state index in [0.717, 1.165) is 5.56 Å². The van der Waals surface area contributed by atoms with Gasteiger partial charge in [-0.2, -0.15) is 0 Å². The van der Waals surface area contributed by atoms with Gasteiger partial charge in [0.1, 0.15) is 18.2 Å². The number of aromatic nitrogens is 1. The average Bonchev–Trinajstić information content (AvgIpc) is 2.38. The van der Waals surface area contributed by atoms with Crippen molar-refractivity contribution in [2.75, 3.05) is 0 Å². The molecule has 18 heavy (non-hydrogen) atoms. The van der Waals surface area contributed by atoms with Gasteiger partial charge in [-0.25, -0.2) is 0 Å². The first kappa shape index (κ1) is 14.0. The maximum atomic E-state index is 7.44. The number of hydrogen-bond acceptors (Lipinski definition) is 3. The Morgan fingerprint density at radius 2 is 2.00 bits per heavy atom. The van der Waals surface area contributed by atoms with E-state index in [4.69, 9.17) is 15.9 Å². The molecule has 0 bridgehead atoms. The second-order valence-corrected chi connectivity index (χ2v) is 3.56. The smallest absolute Gasteiger partial charge is 0.130 e. The zero-order chi connectivity index (χ0) is 12.1. The first-order valence-corrected chi connectivity index (χ1v) is 5.22. The summed E-state index contributed by atoms with van der Waals surface area (Å²) in [6, 6.07) is 11.0. The normalized spacial score (nSPS) is 9.33. The van der Waals surface area contributed by atoms with E-state index < -0.39 is 0 Å². The SMILES string of the molecule is Cl.N=C(N)c1ccccc1OCc1cccnc1. The number of nitrogens with one attached hydrogen (secondary N) is 1. The van der Waals surface area contributed by atoms with Crippen LogP contribution in [0.4, 0.5) is 0 Å². The van der Waals surface area contributed by atoms with Gasteiger partial charge in [-0.3, -0.25) is 10.4 Å². The van der Waals surface area contributed by atoms with Gasteiger partial charge in [-0.05, 0) is 18.2 Å². The topological polar surface area (TPSA) is 72.0 Å². The molecule has 1 heterocycles. The lowest BCUT2D eigenvalue weighted by molar-refractivity contribution is 0.305. The number of pyridine rings is 1. The number of para-hydroxylation sites is 1. The monoisotopic (exact) mass is 263 g/mol. The average molecular weight is 264 g/mol. The van der Waals surface area contributed by atoms with Crippen LogP contribution in [-0.2, 0) is 6.61 Å². The lowest BCUT2D eigenvalue weighted by Gasteiger charge is -2.09. The van der Waals surface area contributed by atoms with Gasteiger partial charge in [0.05, 0.1) is 5.56 Å². The second kappa shape index (κ2) is 6.61. The van der Waals surface area contributed by atoms with Crippen molar-refractivity contribution in [2.24, 2.45) is 5.73 Å². The summed E-state index contributed by atoms with van der Waals surface area (Å²) < 4.78 is 5.62. The first-order chi connectivity index (χ1) is 8.27. The van der Waals surface area contributed by atoms with E-state index in [1.165, 1.54) is 0 Å². The van der Waals surface area contributed by atoms with E-state index in [1.807, 2.05) is 24.3 Å². The van der Waals surface area contributed by atoms with E-state index in [2.05, 4.69) is 4.98 Å². The quantitative estimate of drug-likeness (QED) is 0.657. The van der Waals surface area contributed by atoms with Crippen molar-refractivity contribution in [3.05, 3.63) is 59.9 Å². The van der Waals surface area contributed by atoms with Gasteiger partial charge in [0.15, 0.2) is 0 Å². The molecule has 4 nitrogen and oxygen atoms in total. The van der Waals surface area contributed by atoms with Crippen LogP contribution in [-0.4, -0.2) is 10.8 Å². The van der Waals surface area contributed by atoms with Crippen LogP contribution in [0.5, 0.6) is 5.75 Å². The lowest BCUT2D eigenvalue weighted by atomic mass is 10.2. The maximum Gasteiger partial charge on any atom is 0.130 e. The standard InChI is InChI=1S/C13H13N3O.ClH/c14-13(15)11-5-1-2-6-12(11)17-9-10-4-3-7-16-8-10;/h1-8H,9H2,(H3,14,15);1H. The molecule has 0 saturated heterocycles. The number of halogens is 1. The number of hydrogen-bond donors (Lipinski definition) is 2. The lowest BCUT2D eigenvalue weighted by Crippen LogP contribution is -2.13. The predicted octanol–water partition coefficient (Wildman–Crippen LogP) is 2.37. The van der Waals surface area contributed by atoms with Gasteiger partial charge in [0.2, 0.25) is 0 Å². The van der Waals surface area contributed by atoms with Gasteiger partial charge in [-0.1, -0.05) is 18.2 Å². The molecule has 2 rings (SSSR count). The van der Waals surface area contributed by atoms with Crippen LogP contribution >= 0.6 is 12.4 Å². The molecule has 0 radical (unpaired) electrons. The Balaban J connectivity index is 0.00000162. The van der Waals surface area contributed by atoms with E-state index in [0.29, 0.717) is 17.9 Å². The second-order valence-electron chi connectivity index (χ2n) is 3.56. The predicted molar refractivity (Wildman–Crippen MR) is 73.3 cm³/mol. The molecule has 94 valence electrons. The Labute approximate surface area is 112 Å². The van der Waals surface area contributed by atoms with Crippen LogP contribution in [0.25, 0.3) is 0 Å². The molecule has 0 aliphatic carbocycles. The highest BCUT2D eigenvalue weighted by Gasteiger charge is 2.05. The fourth-order valence-electron chi connectivity index (χ4n) is 1.46. The number of nitrogens with zero attached hydrogens (tertiary/aromatic N) is 1. The van der Waals surface area contributed by atoms with E-state index in [1.54, 1.807) is 24.5 Å². The van der Waals surface area contributed by atoms with E-state index in [-0.39, 0.29) is 18.2 Å². The van der Waals surface area contributed by atoms with Gasteiger partial charge in [-0.15, -0.1) is 12.4 Å². The third-order valence-corrected chi connectivity index (χ3v) is 2.29. The molecule has 0 fully saturated rings. The number of amidine groups is 1.